The molecule has 3 fully saturated rings. The summed E-state index contributed by atoms with van der Waals surface area (Å²) >= 11 is 0. The number of hydrogen-bond donors (Lipinski definition) is 2. The molecule has 8 heteroatoms. The summed E-state index contributed by atoms with van der Waals surface area (Å²) in [5.41, 5.74) is 1.84. The van der Waals surface area contributed by atoms with Crippen LogP contribution in [0.3, 0.4) is 0 Å². The molecular weight excluding hydrogens is 456 g/mol. The molecule has 8 nitrogen and oxygen atoms in total. The lowest BCUT2D eigenvalue weighted by Gasteiger charge is -2.40. The Bertz CT molecular complexity index is 1200. The number of rotatable bonds is 6. The molecule has 190 valence electrons. The lowest BCUT2D eigenvalue weighted by atomic mass is 9.86. The minimum Gasteiger partial charge on any atom is -0.396 e. The van der Waals surface area contributed by atoms with E-state index < -0.39 is 17.9 Å². The standard InChI is InChI=1S/C28H34N4O4/c33-16-21-23-15-31-22(11-10-20(28(31)36)19-7-4-12-29-14-19)25(24(21)26(34)30-13-17-8-9-17)32(23)27(35)18-5-2-1-3-6-18/h4,7,10-12,14,17-18,21,23-25,33H,1-3,5-6,8-9,13,15-16H2,(H,30,34)/t21-,23-,24+,25+/m0/s1. The zero-order valence-electron chi connectivity index (χ0n) is 20.5. The minimum atomic E-state index is -0.580. The van der Waals surface area contributed by atoms with Crippen LogP contribution in [-0.2, 0) is 16.1 Å². The predicted octanol–water partition coefficient (Wildman–Crippen LogP) is 2.51. The Labute approximate surface area is 210 Å². The van der Waals surface area contributed by atoms with Crippen molar-refractivity contribution in [1.29, 1.82) is 0 Å². The number of amides is 2. The number of hydrogen-bond acceptors (Lipinski definition) is 5. The summed E-state index contributed by atoms with van der Waals surface area (Å²) in [7, 11) is 0. The topological polar surface area (TPSA) is 105 Å². The van der Waals surface area contributed by atoms with Gasteiger partial charge in [-0.05, 0) is 49.8 Å². The average molecular weight is 491 g/mol. The first-order valence-corrected chi connectivity index (χ1v) is 13.4. The van der Waals surface area contributed by atoms with Crippen LogP contribution in [0.15, 0.2) is 41.5 Å². The summed E-state index contributed by atoms with van der Waals surface area (Å²) in [6, 6.07) is 6.41. The molecule has 36 heavy (non-hydrogen) atoms. The fourth-order valence-corrected chi connectivity index (χ4v) is 6.70. The van der Waals surface area contributed by atoms with Crippen LogP contribution in [0, 0.1) is 23.7 Å². The summed E-state index contributed by atoms with van der Waals surface area (Å²) in [5.74, 6) is -0.557. The van der Waals surface area contributed by atoms with E-state index >= 15 is 0 Å². The predicted molar refractivity (Wildman–Crippen MR) is 134 cm³/mol. The number of carbonyl (C=O) groups excluding carboxylic acids is 2. The van der Waals surface area contributed by atoms with E-state index in [0.717, 1.165) is 50.5 Å². The second-order valence-corrected chi connectivity index (χ2v) is 11.0. The molecule has 2 aliphatic carbocycles. The Morgan fingerprint density at radius 2 is 1.89 bits per heavy atom. The van der Waals surface area contributed by atoms with Crippen LogP contribution >= 0.6 is 0 Å². The highest BCUT2D eigenvalue weighted by atomic mass is 16.3. The van der Waals surface area contributed by atoms with Crippen LogP contribution in [0.4, 0.5) is 0 Å². The number of carbonyl (C=O) groups is 2. The molecule has 2 aromatic rings. The second kappa shape index (κ2) is 9.47. The third-order valence-corrected chi connectivity index (χ3v) is 8.79. The molecule has 6 rings (SSSR count). The normalized spacial score (nSPS) is 27.5. The van der Waals surface area contributed by atoms with Gasteiger partial charge in [-0.3, -0.25) is 19.4 Å². The summed E-state index contributed by atoms with van der Waals surface area (Å²) in [6.07, 6.45) is 10.6. The molecule has 2 amide bonds. The van der Waals surface area contributed by atoms with E-state index in [9.17, 15) is 19.5 Å². The maximum Gasteiger partial charge on any atom is 0.258 e. The van der Waals surface area contributed by atoms with Crippen molar-refractivity contribution in [2.45, 2.75) is 63.6 Å². The van der Waals surface area contributed by atoms with Gasteiger partial charge in [-0.25, -0.2) is 0 Å². The third kappa shape index (κ3) is 3.95. The number of nitrogens with zero attached hydrogens (tertiary/aromatic N) is 3. The molecule has 2 aliphatic heterocycles. The van der Waals surface area contributed by atoms with Gasteiger partial charge < -0.3 is 19.9 Å². The molecule has 1 saturated heterocycles. The van der Waals surface area contributed by atoms with E-state index in [1.807, 2.05) is 17.0 Å². The molecule has 2 saturated carbocycles. The van der Waals surface area contributed by atoms with Crippen LogP contribution in [0.1, 0.15) is 56.7 Å². The lowest BCUT2D eigenvalue weighted by molar-refractivity contribution is -0.142. The molecule has 4 aliphatic rings. The van der Waals surface area contributed by atoms with E-state index in [4.69, 9.17) is 0 Å². The van der Waals surface area contributed by atoms with Crippen molar-refractivity contribution in [3.63, 3.8) is 0 Å². The van der Waals surface area contributed by atoms with E-state index in [2.05, 4.69) is 10.3 Å². The van der Waals surface area contributed by atoms with Crippen molar-refractivity contribution in [1.82, 2.24) is 19.8 Å². The molecule has 2 bridgehead atoms. The number of fused-ring (bicyclic) bond motifs is 4. The van der Waals surface area contributed by atoms with E-state index in [1.165, 1.54) is 0 Å². The Morgan fingerprint density at radius 3 is 2.58 bits per heavy atom. The highest BCUT2D eigenvalue weighted by Crippen LogP contribution is 2.49. The Balaban J connectivity index is 1.42. The first-order chi connectivity index (χ1) is 17.6. The molecule has 4 atom stereocenters. The molecule has 0 unspecified atom stereocenters. The Morgan fingerprint density at radius 1 is 1.08 bits per heavy atom. The van der Waals surface area contributed by atoms with Crippen LogP contribution in [0.5, 0.6) is 0 Å². The summed E-state index contributed by atoms with van der Waals surface area (Å²) < 4.78 is 1.74. The molecule has 2 aromatic heterocycles. The van der Waals surface area contributed by atoms with Crippen LogP contribution in [-0.4, -0.2) is 50.6 Å². The van der Waals surface area contributed by atoms with Crippen molar-refractivity contribution in [3.8, 4) is 11.1 Å². The minimum absolute atomic E-state index is 0.0516. The van der Waals surface area contributed by atoms with E-state index in [0.29, 0.717) is 23.7 Å². The Hall–Kier alpha value is -3.00. The van der Waals surface area contributed by atoms with E-state index in [-0.39, 0.29) is 42.5 Å². The maximum atomic E-state index is 13.9. The van der Waals surface area contributed by atoms with Crippen LogP contribution in [0.25, 0.3) is 11.1 Å². The van der Waals surface area contributed by atoms with Crippen molar-refractivity contribution in [3.05, 3.63) is 52.7 Å². The number of aliphatic hydroxyl groups excluding tert-OH is 1. The quantitative estimate of drug-likeness (QED) is 0.648. The molecule has 2 N–H and O–H groups in total. The van der Waals surface area contributed by atoms with Gasteiger partial charge in [-0.2, -0.15) is 0 Å². The second-order valence-electron chi connectivity index (χ2n) is 11.0. The third-order valence-electron chi connectivity index (χ3n) is 8.79. The van der Waals surface area contributed by atoms with Gasteiger partial charge in [0.25, 0.3) is 5.56 Å². The van der Waals surface area contributed by atoms with Gasteiger partial charge in [0.15, 0.2) is 0 Å². The van der Waals surface area contributed by atoms with Gasteiger partial charge in [0.2, 0.25) is 11.8 Å². The van der Waals surface area contributed by atoms with Crippen molar-refractivity contribution >= 4 is 11.8 Å². The van der Waals surface area contributed by atoms with Gasteiger partial charge in [-0.15, -0.1) is 0 Å². The largest absolute Gasteiger partial charge is 0.396 e. The fourth-order valence-electron chi connectivity index (χ4n) is 6.70. The monoisotopic (exact) mass is 490 g/mol. The zero-order valence-corrected chi connectivity index (χ0v) is 20.5. The molecular formula is C28H34N4O4. The van der Waals surface area contributed by atoms with Crippen molar-refractivity contribution < 1.29 is 14.7 Å². The number of aliphatic hydroxyl groups is 1. The van der Waals surface area contributed by atoms with Gasteiger partial charge >= 0.3 is 0 Å². The molecule has 0 spiro atoms. The Kier molecular flexibility index (Phi) is 6.15. The number of aromatic nitrogens is 2. The van der Waals surface area contributed by atoms with Gasteiger partial charge in [-0.1, -0.05) is 25.3 Å². The molecule has 0 aromatic carbocycles. The van der Waals surface area contributed by atoms with Crippen LogP contribution < -0.4 is 10.9 Å². The summed E-state index contributed by atoms with van der Waals surface area (Å²) in [5, 5.41) is 13.6. The molecule has 4 heterocycles. The first-order valence-electron chi connectivity index (χ1n) is 13.4. The van der Waals surface area contributed by atoms with Gasteiger partial charge in [0, 0.05) is 60.7 Å². The van der Waals surface area contributed by atoms with E-state index in [1.54, 1.807) is 29.1 Å². The lowest BCUT2D eigenvalue weighted by Crippen LogP contribution is -2.51. The highest BCUT2D eigenvalue weighted by Gasteiger charge is 2.58. The average Bonchev–Trinajstić information content (AvgIpc) is 3.71. The van der Waals surface area contributed by atoms with Crippen molar-refractivity contribution in [2.24, 2.45) is 23.7 Å². The summed E-state index contributed by atoms with van der Waals surface area (Å²) in [6.45, 7) is 0.721. The van der Waals surface area contributed by atoms with Crippen molar-refractivity contribution in [2.75, 3.05) is 13.2 Å². The van der Waals surface area contributed by atoms with Gasteiger partial charge in [0.05, 0.1) is 18.0 Å². The fraction of sp³-hybridized carbons (Fsp3) is 0.571. The summed E-state index contributed by atoms with van der Waals surface area (Å²) in [4.78, 5) is 47.2. The first kappa shape index (κ1) is 23.4. The number of nitrogens with one attached hydrogen (secondary N) is 1. The maximum absolute atomic E-state index is 13.9. The number of pyridine rings is 2. The zero-order chi connectivity index (χ0) is 24.8. The van der Waals surface area contributed by atoms with Crippen LogP contribution in [0.2, 0.25) is 0 Å². The molecule has 0 radical (unpaired) electrons. The highest BCUT2D eigenvalue weighted by molar-refractivity contribution is 5.85. The van der Waals surface area contributed by atoms with Gasteiger partial charge in [0.1, 0.15) is 0 Å². The smallest absolute Gasteiger partial charge is 0.258 e. The SMILES string of the molecule is O=C(NCC1CC1)[C@@H]1[C@@H](CO)[C@@H]2Cn3c(ccc(-c4cccnc4)c3=O)[C@H]1N2C(=O)C1CCCCC1.